The molecule has 1 aromatic rings. The molecule has 0 saturated carbocycles. The fourth-order valence-electron chi connectivity index (χ4n) is 1.31. The summed E-state index contributed by atoms with van der Waals surface area (Å²) in [5, 5.41) is 2.62. The highest BCUT2D eigenvalue weighted by atomic mass is 32.1. The second-order valence-electron chi connectivity index (χ2n) is 3.60. The zero-order valence-corrected chi connectivity index (χ0v) is 10.7. The van der Waals surface area contributed by atoms with Crippen LogP contribution in [0.3, 0.4) is 0 Å². The lowest BCUT2D eigenvalue weighted by Gasteiger charge is -2.10. The molecule has 0 fully saturated rings. The Labute approximate surface area is 113 Å². The average Bonchev–Trinajstić information content (AvgIpc) is 2.33. The number of carbonyl (C=O) groups is 1. The molecule has 0 heterocycles. The first-order chi connectivity index (χ1) is 8.93. The van der Waals surface area contributed by atoms with E-state index < -0.39 is 17.5 Å². The van der Waals surface area contributed by atoms with Crippen LogP contribution in [0.15, 0.2) is 12.1 Å². The number of anilines is 1. The largest absolute Gasteiger partial charge is 0.389 e. The van der Waals surface area contributed by atoms with Gasteiger partial charge in [0, 0.05) is 12.1 Å². The Hall–Kier alpha value is -1.80. The van der Waals surface area contributed by atoms with Gasteiger partial charge in [0.05, 0.1) is 12.3 Å². The summed E-state index contributed by atoms with van der Waals surface area (Å²) in [6.45, 7) is 0.0933. The van der Waals surface area contributed by atoms with Crippen molar-refractivity contribution >= 4 is 28.8 Å². The van der Waals surface area contributed by atoms with E-state index in [1.165, 1.54) is 12.1 Å². The van der Waals surface area contributed by atoms with Crippen LogP contribution >= 0.6 is 12.2 Å². The Balaban J connectivity index is 2.58. The van der Waals surface area contributed by atoms with Crippen LogP contribution in [0.2, 0.25) is 0 Å². The molecule has 5 N–H and O–H groups in total. The molecule has 1 aromatic carbocycles. The van der Waals surface area contributed by atoms with Gasteiger partial charge in [0.1, 0.15) is 11.6 Å². The first kappa shape index (κ1) is 15.3. The third kappa shape index (κ3) is 4.42. The van der Waals surface area contributed by atoms with Crippen LogP contribution in [0.5, 0.6) is 0 Å². The van der Waals surface area contributed by atoms with Gasteiger partial charge in [-0.25, -0.2) is 8.78 Å². The smallest absolute Gasteiger partial charge is 0.243 e. The topological polar surface area (TPSA) is 90.4 Å². The minimum absolute atomic E-state index is 0.0415. The maximum atomic E-state index is 13.6. The van der Waals surface area contributed by atoms with Crippen molar-refractivity contribution in [3.05, 3.63) is 29.3 Å². The number of hydrogen-bond acceptors (Lipinski definition) is 4. The van der Waals surface area contributed by atoms with E-state index in [4.69, 9.17) is 16.2 Å². The van der Waals surface area contributed by atoms with Crippen LogP contribution < -0.4 is 16.8 Å². The van der Waals surface area contributed by atoms with Gasteiger partial charge in [-0.15, -0.1) is 0 Å². The molecule has 1 rings (SSSR count). The van der Waals surface area contributed by atoms with Crippen molar-refractivity contribution < 1.29 is 18.3 Å². The molecule has 8 heteroatoms. The van der Waals surface area contributed by atoms with Crippen molar-refractivity contribution in [3.8, 4) is 0 Å². The Morgan fingerprint density at radius 1 is 1.32 bits per heavy atom. The Morgan fingerprint density at radius 3 is 2.58 bits per heavy atom. The van der Waals surface area contributed by atoms with Gasteiger partial charge in [0.2, 0.25) is 5.91 Å². The van der Waals surface area contributed by atoms with Crippen molar-refractivity contribution in [2.75, 3.05) is 25.1 Å². The van der Waals surface area contributed by atoms with Crippen molar-refractivity contribution in [3.63, 3.8) is 0 Å². The van der Waals surface area contributed by atoms with Crippen LogP contribution in [-0.2, 0) is 9.53 Å². The molecule has 0 aliphatic heterocycles. The summed E-state index contributed by atoms with van der Waals surface area (Å²) in [5.41, 5.74) is 9.91. The van der Waals surface area contributed by atoms with Crippen LogP contribution in [0, 0.1) is 11.6 Å². The Bertz CT molecular complexity index is 497. The van der Waals surface area contributed by atoms with E-state index in [1.807, 2.05) is 0 Å². The lowest BCUT2D eigenvalue weighted by atomic mass is 10.2. The first-order valence-corrected chi connectivity index (χ1v) is 5.72. The van der Waals surface area contributed by atoms with Gasteiger partial charge in [0.25, 0.3) is 0 Å². The molecule has 104 valence electrons. The number of nitrogens with two attached hydrogens (primary N) is 2. The predicted molar refractivity (Wildman–Crippen MR) is 70.7 cm³/mol. The van der Waals surface area contributed by atoms with E-state index in [0.29, 0.717) is 0 Å². The summed E-state index contributed by atoms with van der Waals surface area (Å²) in [6, 6.07) is 2.61. The standard InChI is InChI=1S/C11H13F2N3O2S/c12-9-6(11(15)19)1-2-7(10(9)13)16-3-4-18-5-8(14)17/h1-2,16H,3-5H2,(H2,14,17)(H2,15,19). The highest BCUT2D eigenvalue weighted by Gasteiger charge is 2.14. The van der Waals surface area contributed by atoms with Gasteiger partial charge in [-0.1, -0.05) is 12.2 Å². The molecule has 0 aliphatic rings. The second kappa shape index (κ2) is 6.95. The molecule has 0 aliphatic carbocycles. The number of hydrogen-bond donors (Lipinski definition) is 3. The summed E-state index contributed by atoms with van der Waals surface area (Å²) in [5.74, 6) is -2.77. The number of nitrogens with one attached hydrogen (secondary N) is 1. The van der Waals surface area contributed by atoms with E-state index in [2.05, 4.69) is 17.5 Å². The fourth-order valence-corrected chi connectivity index (χ4v) is 1.46. The molecule has 0 unspecified atom stereocenters. The highest BCUT2D eigenvalue weighted by molar-refractivity contribution is 7.80. The van der Waals surface area contributed by atoms with Gasteiger partial charge < -0.3 is 21.5 Å². The second-order valence-corrected chi connectivity index (χ2v) is 4.04. The third-order valence-corrected chi connectivity index (χ3v) is 2.37. The molecule has 0 saturated heterocycles. The fraction of sp³-hybridized carbons (Fsp3) is 0.273. The van der Waals surface area contributed by atoms with E-state index in [9.17, 15) is 13.6 Å². The number of carbonyl (C=O) groups excluding carboxylic acids is 1. The lowest BCUT2D eigenvalue weighted by Crippen LogP contribution is -2.21. The predicted octanol–water partition coefficient (Wildman–Crippen LogP) is 0.513. The van der Waals surface area contributed by atoms with E-state index >= 15 is 0 Å². The number of benzene rings is 1. The molecule has 5 nitrogen and oxygen atoms in total. The number of amides is 1. The zero-order chi connectivity index (χ0) is 14.4. The molecule has 0 spiro atoms. The number of rotatable bonds is 7. The SMILES string of the molecule is NC(=O)COCCNc1ccc(C(N)=S)c(F)c1F. The van der Waals surface area contributed by atoms with E-state index in [-0.39, 0.29) is 36.0 Å². The summed E-state index contributed by atoms with van der Waals surface area (Å²) < 4.78 is 32.0. The molecule has 0 radical (unpaired) electrons. The monoisotopic (exact) mass is 289 g/mol. The lowest BCUT2D eigenvalue weighted by molar-refractivity contribution is -0.122. The van der Waals surface area contributed by atoms with Crippen molar-refractivity contribution in [2.45, 2.75) is 0 Å². The van der Waals surface area contributed by atoms with Gasteiger partial charge in [-0.2, -0.15) is 0 Å². The van der Waals surface area contributed by atoms with Crippen molar-refractivity contribution in [2.24, 2.45) is 11.5 Å². The molecule has 0 aromatic heterocycles. The molecule has 0 atom stereocenters. The molecular weight excluding hydrogens is 276 g/mol. The molecular formula is C11H13F2N3O2S. The van der Waals surface area contributed by atoms with Gasteiger partial charge in [-0.3, -0.25) is 4.79 Å². The van der Waals surface area contributed by atoms with Gasteiger partial charge in [-0.05, 0) is 12.1 Å². The van der Waals surface area contributed by atoms with Gasteiger partial charge in [0.15, 0.2) is 11.6 Å². The average molecular weight is 289 g/mol. The highest BCUT2D eigenvalue weighted by Crippen LogP contribution is 2.20. The van der Waals surface area contributed by atoms with Crippen LogP contribution in [0.25, 0.3) is 0 Å². The number of halogens is 2. The van der Waals surface area contributed by atoms with Crippen molar-refractivity contribution in [1.82, 2.24) is 0 Å². The Morgan fingerprint density at radius 2 is 2.00 bits per heavy atom. The molecule has 1 amide bonds. The number of ether oxygens (including phenoxy) is 1. The Kier molecular flexibility index (Phi) is 5.58. The maximum absolute atomic E-state index is 13.6. The van der Waals surface area contributed by atoms with Crippen LogP contribution in [-0.4, -0.2) is 30.7 Å². The van der Waals surface area contributed by atoms with E-state index in [0.717, 1.165) is 0 Å². The molecule has 19 heavy (non-hydrogen) atoms. The summed E-state index contributed by atoms with van der Waals surface area (Å²) in [7, 11) is 0. The number of primary amides is 1. The normalized spacial score (nSPS) is 10.2. The van der Waals surface area contributed by atoms with Gasteiger partial charge >= 0.3 is 0 Å². The number of thiocarbonyl (C=S) groups is 1. The van der Waals surface area contributed by atoms with E-state index in [1.54, 1.807) is 0 Å². The third-order valence-electron chi connectivity index (χ3n) is 2.15. The quantitative estimate of drug-likeness (QED) is 0.503. The van der Waals surface area contributed by atoms with Crippen LogP contribution in [0.1, 0.15) is 5.56 Å². The summed E-state index contributed by atoms with van der Waals surface area (Å²) in [4.78, 5) is 10.2. The zero-order valence-electron chi connectivity index (χ0n) is 9.91. The minimum Gasteiger partial charge on any atom is -0.389 e. The van der Waals surface area contributed by atoms with Crippen molar-refractivity contribution in [1.29, 1.82) is 0 Å². The summed E-state index contributed by atoms with van der Waals surface area (Å²) in [6.07, 6.45) is 0. The first-order valence-electron chi connectivity index (χ1n) is 5.31. The van der Waals surface area contributed by atoms with Crippen LogP contribution in [0.4, 0.5) is 14.5 Å². The molecule has 0 bridgehead atoms. The summed E-state index contributed by atoms with van der Waals surface area (Å²) >= 11 is 4.59. The maximum Gasteiger partial charge on any atom is 0.243 e. The minimum atomic E-state index is -1.10.